The molecular formula is C36H52N2O3. The van der Waals surface area contributed by atoms with Gasteiger partial charge in [-0.25, -0.2) is 4.79 Å². The molecule has 224 valence electrons. The molecule has 6 aliphatic rings. The fourth-order valence-electron chi connectivity index (χ4n) is 11.1. The molecule has 3 saturated carbocycles. The topological polar surface area (TPSA) is 64.8 Å². The van der Waals surface area contributed by atoms with Crippen LogP contribution in [0.3, 0.4) is 0 Å². The van der Waals surface area contributed by atoms with Crippen molar-refractivity contribution in [2.45, 2.75) is 122 Å². The summed E-state index contributed by atoms with van der Waals surface area (Å²) in [4.78, 5) is 15.6. The first kappa shape index (κ1) is 28.0. The Kier molecular flexibility index (Phi) is 7.09. The van der Waals surface area contributed by atoms with Crippen LogP contribution in [0, 0.1) is 40.9 Å². The smallest absolute Gasteiger partial charge is 0.410 e. The quantitative estimate of drug-likeness (QED) is 0.381. The van der Waals surface area contributed by atoms with Gasteiger partial charge in [0.1, 0.15) is 6.61 Å². The molecule has 1 amide bonds. The first-order valence-electron chi connectivity index (χ1n) is 16.8. The van der Waals surface area contributed by atoms with Crippen LogP contribution in [0.5, 0.6) is 0 Å². The largest absolute Gasteiger partial charge is 0.445 e. The summed E-state index contributed by atoms with van der Waals surface area (Å²) in [5.41, 5.74) is 11.2. The first-order valence-corrected chi connectivity index (χ1v) is 16.8. The van der Waals surface area contributed by atoms with Gasteiger partial charge >= 0.3 is 6.09 Å². The molecule has 5 nitrogen and oxygen atoms in total. The van der Waals surface area contributed by atoms with Crippen LogP contribution < -0.4 is 5.73 Å². The van der Waals surface area contributed by atoms with Gasteiger partial charge < -0.3 is 20.1 Å². The Bertz CT molecular complexity index is 1180. The molecule has 2 unspecified atom stereocenters. The fourth-order valence-corrected chi connectivity index (χ4v) is 11.1. The van der Waals surface area contributed by atoms with Gasteiger partial charge in [0.2, 0.25) is 0 Å². The molecular weight excluding hydrogens is 508 g/mol. The number of amides is 1. The van der Waals surface area contributed by atoms with Crippen molar-refractivity contribution in [3.63, 3.8) is 0 Å². The van der Waals surface area contributed by atoms with Gasteiger partial charge in [-0.3, -0.25) is 0 Å². The highest BCUT2D eigenvalue weighted by Gasteiger charge is 2.60. The van der Waals surface area contributed by atoms with E-state index in [2.05, 4.69) is 27.7 Å². The summed E-state index contributed by atoms with van der Waals surface area (Å²) in [6.07, 6.45) is 12.2. The van der Waals surface area contributed by atoms with E-state index < -0.39 is 0 Å². The Morgan fingerprint density at radius 3 is 2.71 bits per heavy atom. The molecule has 5 heteroatoms. The second kappa shape index (κ2) is 10.4. The van der Waals surface area contributed by atoms with E-state index in [1.165, 1.54) is 44.9 Å². The van der Waals surface area contributed by atoms with E-state index in [-0.39, 0.29) is 23.8 Å². The van der Waals surface area contributed by atoms with E-state index in [0.717, 1.165) is 55.0 Å². The van der Waals surface area contributed by atoms with Crippen molar-refractivity contribution in [2.24, 2.45) is 46.7 Å². The first-order chi connectivity index (χ1) is 19.7. The van der Waals surface area contributed by atoms with Gasteiger partial charge in [-0.2, -0.15) is 0 Å². The average Bonchev–Trinajstić information content (AvgIpc) is 3.42. The van der Waals surface area contributed by atoms with Crippen LogP contribution in [0.4, 0.5) is 4.79 Å². The lowest BCUT2D eigenvalue weighted by atomic mass is 9.52. The summed E-state index contributed by atoms with van der Waals surface area (Å²) in [5.74, 6) is 3.90. The van der Waals surface area contributed by atoms with Crippen molar-refractivity contribution < 1.29 is 14.3 Å². The maximum absolute atomic E-state index is 13.5. The molecule has 1 spiro atoms. The van der Waals surface area contributed by atoms with Crippen LogP contribution >= 0.6 is 0 Å². The van der Waals surface area contributed by atoms with E-state index in [4.69, 9.17) is 15.2 Å². The van der Waals surface area contributed by atoms with Crippen LogP contribution in [0.2, 0.25) is 0 Å². The molecule has 0 aromatic heterocycles. The Hall–Kier alpha value is -1.85. The zero-order valence-corrected chi connectivity index (χ0v) is 25.8. The molecule has 2 N–H and O–H groups in total. The van der Waals surface area contributed by atoms with Crippen LogP contribution in [-0.2, 0) is 16.1 Å². The van der Waals surface area contributed by atoms with Crippen molar-refractivity contribution in [3.05, 3.63) is 47.0 Å². The maximum atomic E-state index is 13.5. The lowest BCUT2D eigenvalue weighted by Crippen LogP contribution is -2.54. The highest BCUT2D eigenvalue weighted by atomic mass is 16.6. The lowest BCUT2D eigenvalue weighted by Gasteiger charge is -2.54. The number of rotatable bonds is 2. The molecule has 2 aliphatic heterocycles. The molecule has 0 bridgehead atoms. The van der Waals surface area contributed by atoms with Crippen molar-refractivity contribution in [1.82, 2.24) is 4.90 Å². The molecule has 1 aromatic rings. The maximum Gasteiger partial charge on any atom is 0.410 e. The number of carbonyl (C=O) groups excluding carboxylic acids is 1. The van der Waals surface area contributed by atoms with E-state index in [1.54, 1.807) is 11.1 Å². The third-order valence-corrected chi connectivity index (χ3v) is 13.2. The summed E-state index contributed by atoms with van der Waals surface area (Å²) in [7, 11) is 0. The molecule has 2 heterocycles. The number of carbonyl (C=O) groups is 1. The molecule has 2 saturated heterocycles. The molecule has 4 aliphatic carbocycles. The molecule has 7 rings (SSSR count). The number of nitrogens with two attached hydrogens (primary N) is 1. The minimum Gasteiger partial charge on any atom is -0.445 e. The number of fused-ring (bicyclic) bond motifs is 6. The van der Waals surface area contributed by atoms with Crippen LogP contribution in [0.15, 0.2) is 41.5 Å². The highest BCUT2D eigenvalue weighted by Crippen LogP contribution is 2.65. The Balaban J connectivity index is 1.11. The summed E-state index contributed by atoms with van der Waals surface area (Å²) >= 11 is 0. The number of hydrogen-bond acceptors (Lipinski definition) is 4. The average molecular weight is 561 g/mol. The van der Waals surface area contributed by atoms with Crippen molar-refractivity contribution >= 4 is 6.09 Å². The zero-order valence-electron chi connectivity index (χ0n) is 25.8. The van der Waals surface area contributed by atoms with Gasteiger partial charge in [0.25, 0.3) is 0 Å². The molecule has 1 aromatic carbocycles. The Morgan fingerprint density at radius 1 is 1.10 bits per heavy atom. The predicted molar refractivity (Wildman–Crippen MR) is 162 cm³/mol. The van der Waals surface area contributed by atoms with E-state index in [9.17, 15) is 4.79 Å². The minimum absolute atomic E-state index is 0.0961. The van der Waals surface area contributed by atoms with E-state index in [0.29, 0.717) is 29.9 Å². The minimum atomic E-state index is -0.177. The molecule has 0 radical (unpaired) electrons. The summed E-state index contributed by atoms with van der Waals surface area (Å²) in [6.45, 7) is 10.8. The van der Waals surface area contributed by atoms with Gasteiger partial charge in [0.15, 0.2) is 0 Å². The highest BCUT2D eigenvalue weighted by molar-refractivity contribution is 5.68. The molecule has 5 fully saturated rings. The van der Waals surface area contributed by atoms with Gasteiger partial charge in [-0.1, -0.05) is 62.2 Å². The van der Waals surface area contributed by atoms with E-state index in [1.807, 2.05) is 35.2 Å². The van der Waals surface area contributed by atoms with Crippen LogP contribution in [-0.4, -0.2) is 41.3 Å². The Morgan fingerprint density at radius 2 is 1.90 bits per heavy atom. The van der Waals surface area contributed by atoms with E-state index >= 15 is 0 Å². The number of likely N-dealkylation sites (tertiary alicyclic amines) is 1. The van der Waals surface area contributed by atoms with Crippen molar-refractivity contribution in [1.29, 1.82) is 0 Å². The number of nitrogens with zero attached hydrogens (tertiary/aromatic N) is 1. The van der Waals surface area contributed by atoms with Crippen molar-refractivity contribution in [3.8, 4) is 0 Å². The summed E-state index contributed by atoms with van der Waals surface area (Å²) in [5, 5.41) is 0. The lowest BCUT2D eigenvalue weighted by molar-refractivity contribution is -0.0802. The van der Waals surface area contributed by atoms with Gasteiger partial charge in [0.05, 0.1) is 17.7 Å². The summed E-state index contributed by atoms with van der Waals surface area (Å²) in [6, 6.07) is 10.5. The summed E-state index contributed by atoms with van der Waals surface area (Å²) < 4.78 is 13.1. The van der Waals surface area contributed by atoms with Gasteiger partial charge in [-0.15, -0.1) is 0 Å². The Labute approximate surface area is 247 Å². The normalized spacial score (nSPS) is 45.5. The number of piperidine rings is 1. The number of ether oxygens (including phenoxy) is 2. The molecule has 41 heavy (non-hydrogen) atoms. The fraction of sp³-hybridized carbons (Fsp3) is 0.750. The SMILES string of the molecule is CC1=C2CC3[C@@H](CC[C@@H]4C[C@H](N)CC[C@]34C)[C@@H]2CC[C@@]2(C1)O[C@@H]1C[C@H](C)CN(C(=O)OCc3ccccc3)C1[C@H]2C. The zero-order chi connectivity index (χ0) is 28.5. The number of hydrogen-bond donors (Lipinski definition) is 1. The van der Waals surface area contributed by atoms with Gasteiger partial charge in [-0.05, 0) is 112 Å². The third-order valence-electron chi connectivity index (χ3n) is 13.2. The predicted octanol–water partition coefficient (Wildman–Crippen LogP) is 7.49. The third kappa shape index (κ3) is 4.60. The standard InChI is InChI=1S/C36H52N2O3/c1-22-16-32-33(38(20-22)34(39)40-21-25-8-6-5-7-9-25)24(3)36(41-32)15-13-28-29-11-10-26-17-27(37)12-14-35(26,4)31(29)18-30(28)23(2)19-36/h5-9,22,24,26-29,31-33H,10-21,37H2,1-4H3/t22-,24+,26+,27+,28-,29-,31?,32+,33?,35-,36-/m0/s1. The second-order valence-corrected chi connectivity index (χ2v) is 15.5. The number of benzene rings is 1. The molecule has 11 atom stereocenters. The monoisotopic (exact) mass is 560 g/mol. The van der Waals surface area contributed by atoms with Gasteiger partial charge in [0, 0.05) is 18.5 Å². The van der Waals surface area contributed by atoms with Crippen LogP contribution in [0.1, 0.15) is 97.5 Å². The van der Waals surface area contributed by atoms with Crippen LogP contribution in [0.25, 0.3) is 0 Å². The second-order valence-electron chi connectivity index (χ2n) is 15.5. The number of allylic oxidation sites excluding steroid dienone is 1. The van der Waals surface area contributed by atoms with Crippen molar-refractivity contribution in [2.75, 3.05) is 6.54 Å².